The summed E-state index contributed by atoms with van der Waals surface area (Å²) in [4.78, 5) is 2.55. The molecule has 0 fully saturated rings. The maximum Gasteiger partial charge on any atom is 0.245 e. The summed E-state index contributed by atoms with van der Waals surface area (Å²) in [7, 11) is -3.09. The number of hydrazine groups is 1. The number of nitrogens with zero attached hydrogens (tertiary/aromatic N) is 1. The van der Waals surface area contributed by atoms with Crippen LogP contribution in [0.2, 0.25) is 0 Å². The maximum atomic E-state index is 10.6. The van der Waals surface area contributed by atoms with E-state index in [0.29, 0.717) is 0 Å². The first-order chi connectivity index (χ1) is 4.11. The van der Waals surface area contributed by atoms with E-state index in [9.17, 15) is 8.42 Å². The molecule has 0 aromatic rings. The van der Waals surface area contributed by atoms with Crippen LogP contribution in [-0.2, 0) is 10.0 Å². The van der Waals surface area contributed by atoms with E-state index in [4.69, 9.17) is 0 Å². The van der Waals surface area contributed by atoms with Crippen molar-refractivity contribution in [1.82, 2.24) is 9.25 Å². The summed E-state index contributed by atoms with van der Waals surface area (Å²) in [5.74, 6) is 0. The molecule has 6 heteroatoms. The molecule has 0 unspecified atom stereocenters. The minimum absolute atomic E-state index is 1.05. The highest BCUT2D eigenvalue weighted by atomic mass is 32.2. The number of sulfonamides is 1. The molecule has 1 N–H and O–H groups in total. The van der Waals surface area contributed by atoms with Gasteiger partial charge < -0.3 is 0 Å². The second-order valence-electron chi connectivity index (χ2n) is 1.55. The Morgan fingerprint density at radius 1 is 1.67 bits per heavy atom. The summed E-state index contributed by atoms with van der Waals surface area (Å²) in [5, 5.41) is 1.65. The van der Waals surface area contributed by atoms with Gasteiger partial charge in [0.1, 0.15) is 0 Å². The summed E-state index contributed by atoms with van der Waals surface area (Å²) in [6.07, 6.45) is 2.59. The largest absolute Gasteiger partial charge is 0.245 e. The fraction of sp³-hybridized carbons (Fsp3) is 0.333. The van der Waals surface area contributed by atoms with Gasteiger partial charge in [-0.2, -0.15) is 9.25 Å². The lowest BCUT2D eigenvalue weighted by Crippen LogP contribution is -2.29. The Balaban J connectivity index is 2.76. The first kappa shape index (κ1) is 6.91. The number of hydrogen-bond donors (Lipinski definition) is 1. The summed E-state index contributed by atoms with van der Waals surface area (Å²) >= 11 is 1.23. The fourth-order valence-electron chi connectivity index (χ4n) is 0.377. The van der Waals surface area contributed by atoms with E-state index < -0.39 is 10.0 Å². The van der Waals surface area contributed by atoms with Crippen LogP contribution in [0.1, 0.15) is 0 Å². The Bertz CT molecular complexity index is 220. The second-order valence-corrected chi connectivity index (χ2v) is 4.10. The first-order valence-electron chi connectivity index (χ1n) is 2.18. The van der Waals surface area contributed by atoms with Gasteiger partial charge in [-0.3, -0.25) is 0 Å². The van der Waals surface area contributed by atoms with Crippen LogP contribution in [0.3, 0.4) is 0 Å². The third kappa shape index (κ3) is 1.60. The van der Waals surface area contributed by atoms with Crippen molar-refractivity contribution in [2.75, 3.05) is 6.26 Å². The normalized spacial score (nSPS) is 19.0. The highest BCUT2D eigenvalue weighted by Crippen LogP contribution is 2.10. The Hall–Kier alpha value is -0.200. The monoisotopic (exact) mass is 166 g/mol. The van der Waals surface area contributed by atoms with Gasteiger partial charge >= 0.3 is 0 Å². The van der Waals surface area contributed by atoms with Gasteiger partial charge in [-0.15, -0.1) is 0 Å². The number of nitrogens with one attached hydrogen (secondary N) is 1. The van der Waals surface area contributed by atoms with Crippen LogP contribution in [0.15, 0.2) is 11.6 Å². The van der Waals surface area contributed by atoms with Gasteiger partial charge in [0.25, 0.3) is 0 Å². The van der Waals surface area contributed by atoms with E-state index in [2.05, 4.69) is 4.83 Å². The van der Waals surface area contributed by atoms with Gasteiger partial charge in [-0.25, -0.2) is 8.42 Å². The molecular weight excluding hydrogens is 160 g/mol. The lowest BCUT2D eigenvalue weighted by molar-refractivity contribution is 0.499. The predicted octanol–water partition coefficient (Wildman–Crippen LogP) is -0.114. The third-order valence-corrected chi connectivity index (χ3v) is 2.37. The molecule has 4 nitrogen and oxygen atoms in total. The minimum Gasteiger partial charge on any atom is -0.205 e. The Labute approximate surface area is 58.1 Å². The quantitative estimate of drug-likeness (QED) is 0.552. The van der Waals surface area contributed by atoms with Crippen LogP contribution < -0.4 is 4.83 Å². The molecule has 1 rings (SSSR count). The van der Waals surface area contributed by atoms with Gasteiger partial charge in [0, 0.05) is 11.6 Å². The summed E-state index contributed by atoms with van der Waals surface area (Å²) in [5.41, 5.74) is 0. The fourth-order valence-corrected chi connectivity index (χ4v) is 1.81. The topological polar surface area (TPSA) is 49.4 Å². The molecule has 0 radical (unpaired) electrons. The van der Waals surface area contributed by atoms with E-state index >= 15 is 0 Å². The summed E-state index contributed by atoms with van der Waals surface area (Å²) in [6.45, 7) is 0. The molecular formula is C3H6N2O2S2. The first-order valence-corrected chi connectivity index (χ1v) is 4.91. The van der Waals surface area contributed by atoms with Crippen LogP contribution in [0.5, 0.6) is 0 Å². The zero-order valence-electron chi connectivity index (χ0n) is 4.73. The van der Waals surface area contributed by atoms with Crippen LogP contribution >= 0.6 is 11.9 Å². The molecule has 9 heavy (non-hydrogen) atoms. The summed E-state index contributed by atoms with van der Waals surface area (Å²) in [6, 6.07) is 0. The number of hydrogen-bond acceptors (Lipinski definition) is 4. The van der Waals surface area contributed by atoms with Crippen LogP contribution in [0.25, 0.3) is 0 Å². The predicted molar refractivity (Wildman–Crippen MR) is 36.5 cm³/mol. The SMILES string of the molecule is CS(=O)(=O)N1C=CSN1. The average molecular weight is 166 g/mol. The van der Waals surface area contributed by atoms with Crippen molar-refractivity contribution in [2.24, 2.45) is 0 Å². The molecule has 0 aromatic carbocycles. The van der Waals surface area contributed by atoms with Crippen molar-refractivity contribution >= 4 is 22.0 Å². The highest BCUT2D eigenvalue weighted by molar-refractivity contribution is 8.01. The Morgan fingerprint density at radius 3 is 2.56 bits per heavy atom. The van der Waals surface area contributed by atoms with Crippen molar-refractivity contribution in [3.63, 3.8) is 0 Å². The smallest absolute Gasteiger partial charge is 0.205 e. The Morgan fingerprint density at radius 2 is 2.33 bits per heavy atom. The lowest BCUT2D eigenvalue weighted by atomic mass is 11.1. The maximum absolute atomic E-state index is 10.6. The molecule has 0 aromatic heterocycles. The highest BCUT2D eigenvalue weighted by Gasteiger charge is 2.13. The van der Waals surface area contributed by atoms with Gasteiger partial charge in [-0.1, -0.05) is 0 Å². The van der Waals surface area contributed by atoms with E-state index in [-0.39, 0.29) is 0 Å². The lowest BCUT2D eigenvalue weighted by Gasteiger charge is -2.10. The van der Waals surface area contributed by atoms with Crippen LogP contribution in [0, 0.1) is 0 Å². The molecule has 52 valence electrons. The van der Waals surface area contributed by atoms with Crippen molar-refractivity contribution in [3.8, 4) is 0 Å². The van der Waals surface area contributed by atoms with E-state index in [1.165, 1.54) is 18.1 Å². The zero-order chi connectivity index (χ0) is 6.91. The standard InChI is InChI=1S/C3H6N2O2S2/c1-9(6,7)5-2-3-8-4-5/h2-4H,1H3. The molecule has 0 amide bonds. The van der Waals surface area contributed by atoms with Gasteiger partial charge in [0.15, 0.2) is 0 Å². The molecule has 0 saturated heterocycles. The molecule has 0 aliphatic carbocycles. The van der Waals surface area contributed by atoms with Crippen molar-refractivity contribution < 1.29 is 8.42 Å². The number of rotatable bonds is 1. The third-order valence-electron chi connectivity index (χ3n) is 0.764. The van der Waals surface area contributed by atoms with Crippen molar-refractivity contribution in [2.45, 2.75) is 0 Å². The van der Waals surface area contributed by atoms with E-state index in [0.717, 1.165) is 10.7 Å². The molecule has 0 bridgehead atoms. The molecule has 1 heterocycles. The minimum atomic E-state index is -3.09. The van der Waals surface area contributed by atoms with Gasteiger partial charge in [0.05, 0.1) is 6.26 Å². The van der Waals surface area contributed by atoms with Gasteiger partial charge in [-0.05, 0) is 11.9 Å². The summed E-state index contributed by atoms with van der Waals surface area (Å²) < 4.78 is 22.3. The van der Waals surface area contributed by atoms with Crippen molar-refractivity contribution in [3.05, 3.63) is 11.6 Å². The van der Waals surface area contributed by atoms with Crippen LogP contribution in [-0.4, -0.2) is 19.1 Å². The zero-order valence-corrected chi connectivity index (χ0v) is 6.37. The van der Waals surface area contributed by atoms with E-state index in [1.807, 2.05) is 0 Å². The Kier molecular flexibility index (Phi) is 1.69. The molecule has 0 saturated carbocycles. The van der Waals surface area contributed by atoms with E-state index in [1.54, 1.807) is 5.41 Å². The molecule has 0 atom stereocenters. The molecule has 1 aliphatic rings. The molecule has 1 aliphatic heterocycles. The van der Waals surface area contributed by atoms with Crippen molar-refractivity contribution in [1.29, 1.82) is 0 Å². The molecule has 0 spiro atoms. The van der Waals surface area contributed by atoms with Gasteiger partial charge in [0.2, 0.25) is 10.0 Å². The van der Waals surface area contributed by atoms with Crippen LogP contribution in [0.4, 0.5) is 0 Å². The second kappa shape index (κ2) is 2.20. The average Bonchev–Trinajstić information content (AvgIpc) is 2.08.